The predicted octanol–water partition coefficient (Wildman–Crippen LogP) is 6.13. The molecule has 0 radical (unpaired) electrons. The Labute approximate surface area is 315 Å². The van der Waals surface area contributed by atoms with Crippen LogP contribution in [0, 0.1) is 5.92 Å². The van der Waals surface area contributed by atoms with E-state index in [2.05, 4.69) is 21.7 Å². The van der Waals surface area contributed by atoms with Crippen LogP contribution < -0.4 is 25.7 Å². The summed E-state index contributed by atoms with van der Waals surface area (Å²) in [6.45, 7) is 7.11. The van der Waals surface area contributed by atoms with Crippen molar-refractivity contribution in [1.82, 2.24) is 19.2 Å². The van der Waals surface area contributed by atoms with Crippen LogP contribution in [0.3, 0.4) is 0 Å². The van der Waals surface area contributed by atoms with Gasteiger partial charge in [-0.15, -0.1) is 0 Å². The van der Waals surface area contributed by atoms with Crippen LogP contribution in [0.4, 0.5) is 5.69 Å². The van der Waals surface area contributed by atoms with Crippen LogP contribution in [-0.4, -0.2) is 68.8 Å². The summed E-state index contributed by atoms with van der Waals surface area (Å²) >= 11 is 0. The molecular weight excluding hydrogens is 684 g/mol. The summed E-state index contributed by atoms with van der Waals surface area (Å²) in [6.07, 6.45) is 11.8. The molecule has 2 saturated carbocycles. The standard InChI is InChI=1S/C42H50N6O6/c1-26(2)53-38-23-35-30(22-34(38)40(43)50)25-47(44-35)32-9-5-27(6-10-32)24-45-20-17-29(18-21-45)28-7-13-33(14-8-28)54-37-15-16-39(49)48(42(37)52)36-4-3-19-46(41(36)51)31-11-12-31/h3-4,7-8,13-14,19,22-23,25-27,29,31-32,37H,5-6,9-12,15-18,20-21,24H2,1-2H3,(H2,43,50)/t27?,32?,37-/m0/s1. The van der Waals surface area contributed by atoms with E-state index in [9.17, 15) is 19.2 Å². The van der Waals surface area contributed by atoms with E-state index in [1.165, 1.54) is 5.56 Å². The zero-order valence-electron chi connectivity index (χ0n) is 31.2. The fourth-order valence-electron chi connectivity index (χ4n) is 8.62. The zero-order chi connectivity index (χ0) is 37.5. The predicted molar refractivity (Wildman–Crippen MR) is 205 cm³/mol. The summed E-state index contributed by atoms with van der Waals surface area (Å²) in [5.74, 6) is 0.866. The minimum absolute atomic E-state index is 0.0732. The Kier molecular flexibility index (Phi) is 10.0. The lowest BCUT2D eigenvalue weighted by Gasteiger charge is -2.37. The molecule has 2 aliphatic carbocycles. The molecule has 2 saturated heterocycles. The number of carbonyl (C=O) groups excluding carboxylic acids is 3. The molecule has 3 amide bonds. The second-order valence-electron chi connectivity index (χ2n) is 15.9. The molecule has 0 spiro atoms. The van der Waals surface area contributed by atoms with E-state index in [1.54, 1.807) is 29.0 Å². The normalized spacial score (nSPS) is 22.9. The van der Waals surface area contributed by atoms with Crippen molar-refractivity contribution in [3.05, 3.63) is 82.4 Å². The maximum Gasteiger partial charge on any atom is 0.275 e. The van der Waals surface area contributed by atoms with Crippen LogP contribution in [-0.2, 0) is 9.59 Å². The molecule has 2 aromatic heterocycles. The van der Waals surface area contributed by atoms with Crippen molar-refractivity contribution >= 4 is 34.3 Å². The lowest BCUT2D eigenvalue weighted by atomic mass is 9.84. The molecule has 54 heavy (non-hydrogen) atoms. The number of hydrogen-bond donors (Lipinski definition) is 1. The van der Waals surface area contributed by atoms with Crippen LogP contribution in [0.2, 0.25) is 0 Å². The molecule has 2 N–H and O–H groups in total. The monoisotopic (exact) mass is 734 g/mol. The maximum atomic E-state index is 13.5. The van der Waals surface area contributed by atoms with Gasteiger partial charge in [0.2, 0.25) is 5.91 Å². The van der Waals surface area contributed by atoms with Crippen molar-refractivity contribution < 1.29 is 23.9 Å². The molecule has 4 aliphatic rings. The third kappa shape index (κ3) is 7.53. The van der Waals surface area contributed by atoms with Crippen molar-refractivity contribution in [1.29, 1.82) is 0 Å². The SMILES string of the molecule is CC(C)Oc1cc2nn(C3CCC(CN4CCC(c5ccc(O[C@H]6CCC(=O)N(c7cccn(C8CC8)c7=O)C6=O)cc5)CC4)CC3)cc2cc1C(N)=O. The van der Waals surface area contributed by atoms with Crippen LogP contribution in [0.25, 0.3) is 10.9 Å². The molecular formula is C42H50N6O6. The van der Waals surface area contributed by atoms with Crippen molar-refractivity contribution in [2.45, 2.75) is 108 Å². The summed E-state index contributed by atoms with van der Waals surface area (Å²) < 4.78 is 15.7. The molecule has 2 aliphatic heterocycles. The third-order valence-corrected chi connectivity index (χ3v) is 11.7. The van der Waals surface area contributed by atoms with Crippen molar-refractivity contribution in [2.75, 3.05) is 24.5 Å². The number of carbonyl (C=O) groups is 3. The van der Waals surface area contributed by atoms with Crippen LogP contribution in [0.1, 0.15) is 112 Å². The van der Waals surface area contributed by atoms with Crippen molar-refractivity contribution in [3.63, 3.8) is 0 Å². The summed E-state index contributed by atoms with van der Waals surface area (Å²) in [7, 11) is 0. The minimum Gasteiger partial charge on any atom is -0.490 e. The number of hydrogen-bond acceptors (Lipinski definition) is 8. The number of piperidine rings is 2. The van der Waals surface area contributed by atoms with Gasteiger partial charge in [0.1, 0.15) is 17.2 Å². The lowest BCUT2D eigenvalue weighted by Crippen LogP contribution is -2.52. The van der Waals surface area contributed by atoms with Crippen molar-refractivity contribution in [2.24, 2.45) is 11.7 Å². The smallest absolute Gasteiger partial charge is 0.275 e. The Morgan fingerprint density at radius 3 is 2.31 bits per heavy atom. The number of fused-ring (bicyclic) bond motifs is 1. The number of nitrogens with two attached hydrogens (primary N) is 1. The Hall–Kier alpha value is -4.97. The van der Waals surface area contributed by atoms with Crippen LogP contribution >= 0.6 is 0 Å². The number of primary amides is 1. The quantitative estimate of drug-likeness (QED) is 0.182. The highest BCUT2D eigenvalue weighted by molar-refractivity contribution is 6.18. The highest BCUT2D eigenvalue weighted by Crippen LogP contribution is 2.37. The summed E-state index contributed by atoms with van der Waals surface area (Å²) in [6, 6.07) is 15.5. The molecule has 2 aromatic carbocycles. The molecule has 12 nitrogen and oxygen atoms in total. The van der Waals surface area contributed by atoms with Crippen molar-refractivity contribution in [3.8, 4) is 11.5 Å². The van der Waals surface area contributed by atoms with Gasteiger partial charge in [0.15, 0.2) is 6.10 Å². The molecule has 4 fully saturated rings. The average Bonchev–Trinajstić information content (AvgIpc) is 3.92. The number of anilines is 1. The van der Waals surface area contributed by atoms with E-state index in [0.717, 1.165) is 86.8 Å². The van der Waals surface area contributed by atoms with E-state index < -0.39 is 17.9 Å². The van der Waals surface area contributed by atoms with Gasteiger partial charge in [0, 0.05) is 49.3 Å². The first kappa shape index (κ1) is 36.0. The number of likely N-dealkylation sites (tertiary alicyclic amines) is 1. The minimum atomic E-state index is -0.825. The number of aromatic nitrogens is 3. The lowest BCUT2D eigenvalue weighted by molar-refractivity contribution is -0.134. The number of pyridine rings is 1. The summed E-state index contributed by atoms with van der Waals surface area (Å²) in [4.78, 5) is 55.2. The summed E-state index contributed by atoms with van der Waals surface area (Å²) in [5, 5.41) is 5.78. The fourth-order valence-corrected chi connectivity index (χ4v) is 8.62. The molecule has 4 heterocycles. The maximum absolute atomic E-state index is 13.5. The Bertz CT molecular complexity index is 2090. The first-order valence-electron chi connectivity index (χ1n) is 19.7. The Morgan fingerprint density at radius 2 is 1.63 bits per heavy atom. The Balaban J connectivity index is 0.812. The van der Waals surface area contributed by atoms with E-state index in [-0.39, 0.29) is 42.1 Å². The number of amides is 3. The molecule has 0 unspecified atom stereocenters. The average molecular weight is 735 g/mol. The zero-order valence-corrected chi connectivity index (χ0v) is 31.2. The Morgan fingerprint density at radius 1 is 0.907 bits per heavy atom. The molecule has 8 rings (SSSR count). The van der Waals surface area contributed by atoms with E-state index >= 15 is 0 Å². The first-order chi connectivity index (χ1) is 26.1. The fraction of sp³-hybridized carbons (Fsp3) is 0.500. The largest absolute Gasteiger partial charge is 0.490 e. The highest BCUT2D eigenvalue weighted by atomic mass is 16.5. The number of imide groups is 1. The molecule has 0 bridgehead atoms. The molecule has 12 heteroatoms. The van der Waals surface area contributed by atoms with Crippen LogP contribution in [0.5, 0.6) is 11.5 Å². The van der Waals surface area contributed by atoms with Gasteiger partial charge in [-0.2, -0.15) is 5.10 Å². The van der Waals surface area contributed by atoms with Gasteiger partial charge in [-0.3, -0.25) is 23.9 Å². The van der Waals surface area contributed by atoms with E-state index in [4.69, 9.17) is 20.3 Å². The van der Waals surface area contributed by atoms with Gasteiger partial charge in [0.25, 0.3) is 17.4 Å². The molecule has 1 atom stereocenters. The van der Waals surface area contributed by atoms with Crippen LogP contribution in [0.15, 0.2) is 65.7 Å². The number of rotatable bonds is 11. The van der Waals surface area contributed by atoms with Gasteiger partial charge in [-0.05, 0) is 126 Å². The number of nitrogens with zero attached hydrogens (tertiary/aromatic N) is 5. The number of benzene rings is 2. The molecule has 284 valence electrons. The summed E-state index contributed by atoms with van der Waals surface area (Å²) in [5.41, 5.74) is 7.94. The van der Waals surface area contributed by atoms with Gasteiger partial charge in [-0.25, -0.2) is 4.90 Å². The van der Waals surface area contributed by atoms with Gasteiger partial charge in [-0.1, -0.05) is 12.1 Å². The topological polar surface area (TPSA) is 142 Å². The highest BCUT2D eigenvalue weighted by Gasteiger charge is 2.39. The second kappa shape index (κ2) is 15.0. The van der Waals surface area contributed by atoms with Gasteiger partial charge in [0.05, 0.1) is 23.2 Å². The van der Waals surface area contributed by atoms with E-state index in [0.29, 0.717) is 34.9 Å². The number of ether oxygens (including phenoxy) is 2. The van der Waals surface area contributed by atoms with Gasteiger partial charge >= 0.3 is 0 Å². The van der Waals surface area contributed by atoms with E-state index in [1.807, 2.05) is 38.2 Å². The molecule has 4 aromatic rings. The second-order valence-corrected chi connectivity index (χ2v) is 15.9. The third-order valence-electron chi connectivity index (χ3n) is 11.7. The van der Waals surface area contributed by atoms with Gasteiger partial charge < -0.3 is 24.7 Å². The first-order valence-corrected chi connectivity index (χ1v) is 19.7.